The summed E-state index contributed by atoms with van der Waals surface area (Å²) in [5.41, 5.74) is 0.0637. The van der Waals surface area contributed by atoms with Crippen LogP contribution in [0.2, 0.25) is 0 Å². The van der Waals surface area contributed by atoms with Gasteiger partial charge in [-0.1, -0.05) is 26.7 Å². The van der Waals surface area contributed by atoms with Crippen molar-refractivity contribution in [1.29, 1.82) is 0 Å². The Morgan fingerprint density at radius 1 is 1.29 bits per heavy atom. The zero-order valence-electron chi connectivity index (χ0n) is 12.9. The van der Waals surface area contributed by atoms with Crippen molar-refractivity contribution in [1.82, 2.24) is 4.98 Å². The molecule has 0 spiro atoms. The van der Waals surface area contributed by atoms with Crippen molar-refractivity contribution in [3.05, 3.63) is 22.2 Å². The maximum absolute atomic E-state index is 11.0. The van der Waals surface area contributed by atoms with Gasteiger partial charge in [-0.05, 0) is 24.7 Å². The van der Waals surface area contributed by atoms with Crippen LogP contribution in [0, 0.1) is 22.0 Å². The summed E-state index contributed by atoms with van der Waals surface area (Å²) in [6, 6.07) is 3.32. The number of aromatic nitrogens is 1. The molecule has 0 saturated heterocycles. The van der Waals surface area contributed by atoms with Gasteiger partial charge < -0.3 is 10.6 Å². The molecule has 0 amide bonds. The second kappa shape index (κ2) is 6.74. The van der Waals surface area contributed by atoms with Crippen LogP contribution >= 0.6 is 0 Å². The fourth-order valence-electron chi connectivity index (χ4n) is 3.15. The summed E-state index contributed by atoms with van der Waals surface area (Å²) < 4.78 is 0. The molecule has 0 aromatic carbocycles. The van der Waals surface area contributed by atoms with Gasteiger partial charge in [-0.25, -0.2) is 4.98 Å². The molecular weight excluding hydrogens is 268 g/mol. The summed E-state index contributed by atoms with van der Waals surface area (Å²) in [7, 11) is 1.72. The molecule has 0 bridgehead atoms. The lowest BCUT2D eigenvalue weighted by atomic mass is 9.78. The molecule has 2 N–H and O–H groups in total. The highest BCUT2D eigenvalue weighted by Crippen LogP contribution is 2.32. The van der Waals surface area contributed by atoms with Crippen LogP contribution in [0.1, 0.15) is 39.5 Å². The lowest BCUT2D eigenvalue weighted by Gasteiger charge is -2.35. The lowest BCUT2D eigenvalue weighted by Crippen LogP contribution is -2.35. The minimum Gasteiger partial charge on any atom is -0.373 e. The van der Waals surface area contributed by atoms with Crippen molar-refractivity contribution in [2.45, 2.75) is 45.6 Å². The van der Waals surface area contributed by atoms with Gasteiger partial charge in [0.1, 0.15) is 11.6 Å². The molecule has 2 atom stereocenters. The van der Waals surface area contributed by atoms with Gasteiger partial charge in [0, 0.05) is 13.1 Å². The number of nitrogens with one attached hydrogen (secondary N) is 2. The quantitative estimate of drug-likeness (QED) is 0.639. The van der Waals surface area contributed by atoms with E-state index in [9.17, 15) is 10.1 Å². The standard InChI is InChI=1S/C15H24N4O2/c1-10(2)12-6-4-5-7-13(12)17-15-9-11(19(20)21)8-14(16-3)18-15/h8-10,12-13H,4-7H2,1-3H3,(H2,16,17,18). The van der Waals surface area contributed by atoms with Gasteiger partial charge in [-0.2, -0.15) is 0 Å². The van der Waals surface area contributed by atoms with Crippen molar-refractivity contribution in [3.63, 3.8) is 0 Å². The number of nitrogens with zero attached hydrogens (tertiary/aromatic N) is 2. The van der Waals surface area contributed by atoms with E-state index >= 15 is 0 Å². The second-order valence-electron chi connectivity index (χ2n) is 6.05. The Morgan fingerprint density at radius 3 is 2.57 bits per heavy atom. The molecule has 1 aliphatic rings. The Morgan fingerprint density at radius 2 is 1.95 bits per heavy atom. The summed E-state index contributed by atoms with van der Waals surface area (Å²) in [5, 5.41) is 17.3. The van der Waals surface area contributed by atoms with Gasteiger partial charge >= 0.3 is 0 Å². The van der Waals surface area contributed by atoms with Crippen LogP contribution in [0.4, 0.5) is 17.3 Å². The molecule has 0 radical (unpaired) electrons. The Balaban J connectivity index is 2.21. The van der Waals surface area contributed by atoms with E-state index in [1.165, 1.54) is 31.4 Å². The van der Waals surface area contributed by atoms with Gasteiger partial charge in [0.25, 0.3) is 5.69 Å². The van der Waals surface area contributed by atoms with Crippen molar-refractivity contribution in [2.24, 2.45) is 11.8 Å². The van der Waals surface area contributed by atoms with Gasteiger partial charge in [0.15, 0.2) is 0 Å². The first-order valence-electron chi connectivity index (χ1n) is 7.62. The Kier molecular flexibility index (Phi) is 4.98. The van der Waals surface area contributed by atoms with Gasteiger partial charge in [-0.3, -0.25) is 10.1 Å². The van der Waals surface area contributed by atoms with E-state index in [-0.39, 0.29) is 10.6 Å². The molecule has 116 valence electrons. The maximum Gasteiger partial charge on any atom is 0.276 e. The highest BCUT2D eigenvalue weighted by Gasteiger charge is 2.28. The second-order valence-corrected chi connectivity index (χ2v) is 6.05. The summed E-state index contributed by atoms with van der Waals surface area (Å²) in [6.45, 7) is 4.48. The molecule has 1 heterocycles. The zero-order valence-corrected chi connectivity index (χ0v) is 12.9. The van der Waals surface area contributed by atoms with E-state index in [0.29, 0.717) is 29.5 Å². The van der Waals surface area contributed by atoms with Crippen LogP contribution in [-0.2, 0) is 0 Å². The van der Waals surface area contributed by atoms with E-state index < -0.39 is 0 Å². The van der Waals surface area contributed by atoms with Crippen molar-refractivity contribution < 1.29 is 4.92 Å². The molecule has 2 rings (SSSR count). The number of anilines is 2. The number of nitro groups is 1. The minimum absolute atomic E-state index is 0.0637. The molecule has 1 aromatic heterocycles. The smallest absolute Gasteiger partial charge is 0.276 e. The first-order chi connectivity index (χ1) is 10.0. The summed E-state index contributed by atoms with van der Waals surface area (Å²) in [5.74, 6) is 2.30. The lowest BCUT2D eigenvalue weighted by molar-refractivity contribution is -0.384. The van der Waals surface area contributed by atoms with E-state index in [0.717, 1.165) is 6.42 Å². The largest absolute Gasteiger partial charge is 0.373 e. The molecule has 6 heteroatoms. The SMILES string of the molecule is CNc1cc([N+](=O)[O-])cc(NC2CCCCC2C(C)C)n1. The Labute approximate surface area is 125 Å². The van der Waals surface area contributed by atoms with Crippen LogP contribution in [-0.4, -0.2) is 23.0 Å². The maximum atomic E-state index is 11.0. The molecule has 1 saturated carbocycles. The predicted molar refractivity (Wildman–Crippen MR) is 84.6 cm³/mol. The highest BCUT2D eigenvalue weighted by atomic mass is 16.6. The zero-order chi connectivity index (χ0) is 15.4. The minimum atomic E-state index is -0.380. The van der Waals surface area contributed by atoms with Crippen molar-refractivity contribution in [2.75, 3.05) is 17.7 Å². The summed E-state index contributed by atoms with van der Waals surface area (Å²) in [4.78, 5) is 15.0. The Bertz CT molecular complexity index is 504. The monoisotopic (exact) mass is 292 g/mol. The predicted octanol–water partition coefficient (Wildman–Crippen LogP) is 3.66. The molecule has 1 aliphatic carbocycles. The van der Waals surface area contributed by atoms with Crippen LogP contribution in [0.15, 0.2) is 12.1 Å². The first-order valence-corrected chi connectivity index (χ1v) is 7.62. The van der Waals surface area contributed by atoms with Gasteiger partial charge in [0.05, 0.1) is 17.1 Å². The molecule has 0 aliphatic heterocycles. The van der Waals surface area contributed by atoms with Crippen LogP contribution in [0.25, 0.3) is 0 Å². The normalized spacial score (nSPS) is 22.1. The summed E-state index contributed by atoms with van der Waals surface area (Å²) in [6.07, 6.45) is 4.78. The average Bonchev–Trinajstić information content (AvgIpc) is 2.47. The number of rotatable bonds is 5. The first kappa shape index (κ1) is 15.5. The summed E-state index contributed by atoms with van der Waals surface area (Å²) >= 11 is 0. The molecule has 1 fully saturated rings. The Hall–Kier alpha value is -1.85. The number of hydrogen-bond acceptors (Lipinski definition) is 5. The van der Waals surface area contributed by atoms with Crippen molar-refractivity contribution in [3.8, 4) is 0 Å². The van der Waals surface area contributed by atoms with E-state index in [1.54, 1.807) is 7.05 Å². The van der Waals surface area contributed by atoms with E-state index in [2.05, 4.69) is 29.5 Å². The fraction of sp³-hybridized carbons (Fsp3) is 0.667. The van der Waals surface area contributed by atoms with Crippen LogP contribution in [0.5, 0.6) is 0 Å². The van der Waals surface area contributed by atoms with E-state index in [1.807, 2.05) is 0 Å². The fourth-order valence-corrected chi connectivity index (χ4v) is 3.15. The molecular formula is C15H24N4O2. The third-order valence-electron chi connectivity index (χ3n) is 4.29. The highest BCUT2D eigenvalue weighted by molar-refractivity contribution is 5.54. The average molecular weight is 292 g/mol. The molecule has 1 aromatic rings. The molecule has 21 heavy (non-hydrogen) atoms. The van der Waals surface area contributed by atoms with Crippen molar-refractivity contribution >= 4 is 17.3 Å². The van der Waals surface area contributed by atoms with Crippen LogP contribution in [0.3, 0.4) is 0 Å². The molecule has 2 unspecified atom stereocenters. The van der Waals surface area contributed by atoms with Gasteiger partial charge in [-0.15, -0.1) is 0 Å². The third kappa shape index (κ3) is 3.83. The third-order valence-corrected chi connectivity index (χ3v) is 4.29. The number of pyridine rings is 1. The number of hydrogen-bond donors (Lipinski definition) is 2. The van der Waals surface area contributed by atoms with E-state index in [4.69, 9.17) is 0 Å². The van der Waals surface area contributed by atoms with Crippen LogP contribution < -0.4 is 10.6 Å². The topological polar surface area (TPSA) is 80.1 Å². The van der Waals surface area contributed by atoms with Gasteiger partial charge in [0.2, 0.25) is 0 Å². The molecule has 6 nitrogen and oxygen atoms in total.